The van der Waals surface area contributed by atoms with Crippen molar-refractivity contribution in [3.05, 3.63) is 17.5 Å². The maximum Gasteiger partial charge on any atom is 0.410 e. The minimum absolute atomic E-state index is 0.00405. The molecule has 1 aliphatic heterocycles. The molecule has 0 radical (unpaired) electrons. The molecule has 0 saturated carbocycles. The summed E-state index contributed by atoms with van der Waals surface area (Å²) in [6.07, 6.45) is 2.13. The van der Waals surface area contributed by atoms with Crippen molar-refractivity contribution in [3.63, 3.8) is 0 Å². The van der Waals surface area contributed by atoms with Gasteiger partial charge in [-0.1, -0.05) is 11.8 Å². The highest BCUT2D eigenvalue weighted by Gasteiger charge is 2.44. The summed E-state index contributed by atoms with van der Waals surface area (Å²) >= 11 is 1.26. The average Bonchev–Trinajstić information content (AvgIpc) is 2.35. The summed E-state index contributed by atoms with van der Waals surface area (Å²) in [6, 6.07) is 0. The number of ether oxygens (including phenoxy) is 1. The monoisotopic (exact) mass is 317 g/mol. The Morgan fingerprint density at radius 3 is 2.71 bits per heavy atom. The van der Waals surface area contributed by atoms with E-state index in [1.165, 1.54) is 11.8 Å². The maximum absolute atomic E-state index is 14.1. The van der Waals surface area contributed by atoms with Gasteiger partial charge in [-0.05, 0) is 27.0 Å². The van der Waals surface area contributed by atoms with Crippen molar-refractivity contribution in [2.24, 2.45) is 0 Å². The van der Waals surface area contributed by atoms with Crippen LogP contribution in [-0.2, 0) is 17.2 Å². The lowest BCUT2D eigenvalue weighted by atomic mass is 10.0. The van der Waals surface area contributed by atoms with Crippen LogP contribution in [0.4, 0.5) is 13.6 Å². The average molecular weight is 317 g/mol. The minimum atomic E-state index is -3.18. The summed E-state index contributed by atoms with van der Waals surface area (Å²) in [4.78, 5) is 20.9. The molecule has 0 unspecified atom stereocenters. The third-order valence-electron chi connectivity index (χ3n) is 2.80. The molecule has 0 aliphatic carbocycles. The standard InChI is InChI=1S/C13H17F2N3O2S/c1-12(2,3)20-11(19)18-6-9-8(13(14,15)7-18)5-16-10(17-9)21-4/h5H,6-7H2,1-4H3. The number of amides is 1. The van der Waals surface area contributed by atoms with E-state index in [1.807, 2.05) is 0 Å². The van der Waals surface area contributed by atoms with Crippen LogP contribution in [-0.4, -0.2) is 39.4 Å². The van der Waals surface area contributed by atoms with Gasteiger partial charge >= 0.3 is 6.09 Å². The summed E-state index contributed by atoms with van der Waals surface area (Å²) in [6.45, 7) is 4.34. The van der Waals surface area contributed by atoms with Gasteiger partial charge in [-0.25, -0.2) is 14.8 Å². The van der Waals surface area contributed by atoms with Gasteiger partial charge in [0.05, 0.1) is 24.3 Å². The van der Waals surface area contributed by atoms with E-state index in [1.54, 1.807) is 27.0 Å². The van der Waals surface area contributed by atoms with Crippen LogP contribution in [0.25, 0.3) is 0 Å². The van der Waals surface area contributed by atoms with Gasteiger partial charge in [0.2, 0.25) is 0 Å². The Morgan fingerprint density at radius 1 is 1.48 bits per heavy atom. The number of nitrogens with zero attached hydrogens (tertiary/aromatic N) is 3. The second-order valence-electron chi connectivity index (χ2n) is 5.76. The first-order chi connectivity index (χ1) is 9.62. The molecule has 0 atom stereocenters. The molecule has 1 aromatic heterocycles. The fraction of sp³-hybridized carbons (Fsp3) is 0.615. The molecule has 0 saturated heterocycles. The number of thioether (sulfide) groups is 1. The number of aromatic nitrogens is 2. The summed E-state index contributed by atoms with van der Waals surface area (Å²) in [7, 11) is 0. The zero-order valence-electron chi connectivity index (χ0n) is 12.3. The van der Waals surface area contributed by atoms with E-state index in [2.05, 4.69) is 9.97 Å². The predicted octanol–water partition coefficient (Wildman–Crippen LogP) is 3.04. The predicted molar refractivity (Wildman–Crippen MR) is 74.4 cm³/mol. The van der Waals surface area contributed by atoms with Crippen LogP contribution in [0, 0.1) is 0 Å². The largest absolute Gasteiger partial charge is 0.444 e. The fourth-order valence-electron chi connectivity index (χ4n) is 1.94. The van der Waals surface area contributed by atoms with Crippen molar-refractivity contribution in [2.75, 3.05) is 12.8 Å². The fourth-order valence-corrected chi connectivity index (χ4v) is 2.30. The first-order valence-electron chi connectivity index (χ1n) is 6.38. The van der Waals surface area contributed by atoms with Crippen LogP contribution in [0.1, 0.15) is 32.0 Å². The van der Waals surface area contributed by atoms with E-state index in [0.717, 1.165) is 11.1 Å². The van der Waals surface area contributed by atoms with E-state index >= 15 is 0 Å². The molecule has 5 nitrogen and oxygen atoms in total. The van der Waals surface area contributed by atoms with Crippen LogP contribution in [0.5, 0.6) is 0 Å². The summed E-state index contributed by atoms with van der Waals surface area (Å²) < 4.78 is 33.4. The first kappa shape index (κ1) is 15.9. The molecule has 0 spiro atoms. The highest BCUT2D eigenvalue weighted by molar-refractivity contribution is 7.98. The third kappa shape index (κ3) is 3.61. The van der Waals surface area contributed by atoms with Gasteiger partial charge in [0.25, 0.3) is 5.92 Å². The lowest BCUT2D eigenvalue weighted by Gasteiger charge is -2.34. The third-order valence-corrected chi connectivity index (χ3v) is 3.37. The molecule has 2 heterocycles. The second-order valence-corrected chi connectivity index (χ2v) is 6.53. The van der Waals surface area contributed by atoms with Gasteiger partial charge < -0.3 is 4.74 Å². The zero-order chi connectivity index (χ0) is 15.8. The Bertz CT molecular complexity index is 561. The molecule has 2 rings (SSSR count). The Kier molecular flexibility index (Phi) is 4.10. The van der Waals surface area contributed by atoms with E-state index in [9.17, 15) is 13.6 Å². The molecule has 1 aliphatic rings. The number of fused-ring (bicyclic) bond motifs is 1. The van der Waals surface area contributed by atoms with Gasteiger partial charge in [0.15, 0.2) is 5.16 Å². The Balaban J connectivity index is 2.29. The quantitative estimate of drug-likeness (QED) is 0.588. The molecule has 8 heteroatoms. The van der Waals surface area contributed by atoms with Gasteiger partial charge in [-0.15, -0.1) is 0 Å². The van der Waals surface area contributed by atoms with Crippen LogP contribution >= 0.6 is 11.8 Å². The van der Waals surface area contributed by atoms with E-state index < -0.39 is 24.2 Å². The number of hydrogen-bond donors (Lipinski definition) is 0. The highest BCUT2D eigenvalue weighted by Crippen LogP contribution is 2.36. The Labute approximate surface area is 126 Å². The molecule has 1 aromatic rings. The van der Waals surface area contributed by atoms with Crippen LogP contribution in [0.3, 0.4) is 0 Å². The molecule has 0 N–H and O–H groups in total. The number of alkyl halides is 2. The zero-order valence-corrected chi connectivity index (χ0v) is 13.1. The molecule has 0 fully saturated rings. The van der Waals surface area contributed by atoms with Crippen molar-refractivity contribution in [1.29, 1.82) is 0 Å². The molecule has 1 amide bonds. The van der Waals surface area contributed by atoms with Crippen molar-refractivity contribution >= 4 is 17.9 Å². The molecule has 0 bridgehead atoms. The van der Waals surface area contributed by atoms with Gasteiger partial charge in [0.1, 0.15) is 5.60 Å². The number of halogens is 2. The molecular formula is C13H17F2N3O2S. The van der Waals surface area contributed by atoms with Crippen molar-refractivity contribution in [3.8, 4) is 0 Å². The summed E-state index contributed by atoms with van der Waals surface area (Å²) in [5.41, 5.74) is -0.792. The minimum Gasteiger partial charge on any atom is -0.444 e. The van der Waals surface area contributed by atoms with Crippen molar-refractivity contribution < 1.29 is 18.3 Å². The number of rotatable bonds is 1. The van der Waals surface area contributed by atoms with Crippen LogP contribution in [0.2, 0.25) is 0 Å². The first-order valence-corrected chi connectivity index (χ1v) is 7.61. The lowest BCUT2D eigenvalue weighted by molar-refractivity contribution is -0.0606. The molecular weight excluding hydrogens is 300 g/mol. The Morgan fingerprint density at radius 2 is 2.14 bits per heavy atom. The molecule has 0 aromatic carbocycles. The summed E-state index contributed by atoms with van der Waals surface area (Å²) in [5, 5.41) is 0.399. The topological polar surface area (TPSA) is 55.3 Å². The second kappa shape index (κ2) is 5.40. The van der Waals surface area contributed by atoms with E-state index in [4.69, 9.17) is 4.74 Å². The highest BCUT2D eigenvalue weighted by atomic mass is 32.2. The SMILES string of the molecule is CSc1ncc2c(n1)CN(C(=O)OC(C)(C)C)CC2(F)F. The van der Waals surface area contributed by atoms with Crippen LogP contribution < -0.4 is 0 Å². The van der Waals surface area contributed by atoms with Gasteiger partial charge in [-0.3, -0.25) is 4.90 Å². The normalized spacial score (nSPS) is 17.3. The smallest absolute Gasteiger partial charge is 0.410 e. The molecule has 116 valence electrons. The maximum atomic E-state index is 14.1. The summed E-state index contributed by atoms with van der Waals surface area (Å²) in [5.74, 6) is -3.18. The van der Waals surface area contributed by atoms with Crippen molar-refractivity contribution in [1.82, 2.24) is 14.9 Å². The number of carbonyl (C=O) groups excluding carboxylic acids is 1. The number of carbonyl (C=O) groups is 1. The van der Waals surface area contributed by atoms with E-state index in [-0.39, 0.29) is 17.8 Å². The Hall–Kier alpha value is -1.44. The van der Waals surface area contributed by atoms with Crippen molar-refractivity contribution in [2.45, 2.75) is 44.0 Å². The lowest BCUT2D eigenvalue weighted by Crippen LogP contribution is -2.46. The van der Waals surface area contributed by atoms with Crippen LogP contribution in [0.15, 0.2) is 11.4 Å². The van der Waals surface area contributed by atoms with E-state index in [0.29, 0.717) is 5.16 Å². The number of hydrogen-bond acceptors (Lipinski definition) is 5. The van der Waals surface area contributed by atoms with Gasteiger partial charge in [-0.2, -0.15) is 8.78 Å². The molecule has 21 heavy (non-hydrogen) atoms. The van der Waals surface area contributed by atoms with Gasteiger partial charge in [0, 0.05) is 6.20 Å².